The molecule has 0 heterocycles. The predicted octanol–water partition coefficient (Wildman–Crippen LogP) is 6.59. The molecule has 0 aliphatic rings. The summed E-state index contributed by atoms with van der Waals surface area (Å²) in [5.41, 5.74) is 0. The molecular formula is C24H44O6. The van der Waals surface area contributed by atoms with Crippen LogP contribution < -0.4 is 0 Å². The Kier molecular flexibility index (Phi) is 19.6. The molecule has 0 N–H and O–H groups in total. The van der Waals surface area contributed by atoms with Gasteiger partial charge < -0.3 is 4.74 Å². The first-order chi connectivity index (χ1) is 14.5. The minimum Gasteiger partial charge on any atom is -0.463 e. The molecule has 0 aliphatic heterocycles. The van der Waals surface area contributed by atoms with E-state index in [4.69, 9.17) is 4.74 Å². The highest BCUT2D eigenvalue weighted by Crippen LogP contribution is 2.13. The summed E-state index contributed by atoms with van der Waals surface area (Å²) in [6, 6.07) is 0. The summed E-state index contributed by atoms with van der Waals surface area (Å²) < 4.78 is 4.97. The molecule has 0 aromatic heterocycles. The fraction of sp³-hybridized carbons (Fsp3) is 0.875. The third-order valence-electron chi connectivity index (χ3n) is 4.84. The highest BCUT2D eigenvalue weighted by molar-refractivity contribution is 5.74. The second kappa shape index (κ2) is 20.7. The monoisotopic (exact) mass is 428 g/mol. The third kappa shape index (κ3) is 21.1. The Balaban J connectivity index is 3.39. The van der Waals surface area contributed by atoms with Gasteiger partial charge in [0.15, 0.2) is 0 Å². The SMILES string of the molecule is CCCCCCCCCCCCCCCC(=O)OOC(=O)CCCC(=O)OC(C)C. The predicted molar refractivity (Wildman–Crippen MR) is 118 cm³/mol. The average molecular weight is 429 g/mol. The summed E-state index contributed by atoms with van der Waals surface area (Å²) in [6.45, 7) is 5.78. The van der Waals surface area contributed by atoms with Gasteiger partial charge in [0.2, 0.25) is 0 Å². The normalized spacial score (nSPS) is 10.8. The van der Waals surface area contributed by atoms with Gasteiger partial charge in [-0.2, -0.15) is 0 Å². The maximum Gasteiger partial charge on any atom is 0.355 e. The zero-order valence-corrected chi connectivity index (χ0v) is 19.5. The zero-order valence-electron chi connectivity index (χ0n) is 19.5. The summed E-state index contributed by atoms with van der Waals surface area (Å²) in [4.78, 5) is 43.4. The molecule has 0 radical (unpaired) electrons. The van der Waals surface area contributed by atoms with Crippen LogP contribution in [0.1, 0.15) is 130 Å². The van der Waals surface area contributed by atoms with E-state index in [-0.39, 0.29) is 31.3 Å². The summed E-state index contributed by atoms with van der Waals surface area (Å²) in [6.07, 6.45) is 16.7. The largest absolute Gasteiger partial charge is 0.463 e. The van der Waals surface area contributed by atoms with Crippen molar-refractivity contribution in [2.75, 3.05) is 0 Å². The van der Waals surface area contributed by atoms with E-state index in [0.29, 0.717) is 6.42 Å². The summed E-state index contributed by atoms with van der Waals surface area (Å²) in [5, 5.41) is 0. The molecule has 0 atom stereocenters. The Morgan fingerprint density at radius 3 is 1.33 bits per heavy atom. The number of unbranched alkanes of at least 4 members (excludes halogenated alkanes) is 12. The summed E-state index contributed by atoms with van der Waals surface area (Å²) in [7, 11) is 0. The number of ether oxygens (including phenoxy) is 1. The Bertz CT molecular complexity index is 447. The van der Waals surface area contributed by atoms with Crippen LogP contribution in [0.25, 0.3) is 0 Å². The van der Waals surface area contributed by atoms with Gasteiger partial charge in [-0.05, 0) is 26.7 Å². The summed E-state index contributed by atoms with van der Waals surface area (Å²) in [5.74, 6) is -1.52. The van der Waals surface area contributed by atoms with Crippen LogP contribution in [0.2, 0.25) is 0 Å². The van der Waals surface area contributed by atoms with Gasteiger partial charge in [-0.3, -0.25) is 4.79 Å². The molecule has 0 saturated carbocycles. The van der Waals surface area contributed by atoms with Crippen LogP contribution in [0.4, 0.5) is 0 Å². The third-order valence-corrected chi connectivity index (χ3v) is 4.84. The van der Waals surface area contributed by atoms with E-state index in [2.05, 4.69) is 16.7 Å². The molecule has 6 heteroatoms. The fourth-order valence-electron chi connectivity index (χ4n) is 3.16. The molecule has 0 aliphatic carbocycles. The molecule has 0 fully saturated rings. The Morgan fingerprint density at radius 1 is 0.533 bits per heavy atom. The van der Waals surface area contributed by atoms with Gasteiger partial charge in [-0.15, -0.1) is 0 Å². The van der Waals surface area contributed by atoms with Crippen molar-refractivity contribution in [3.8, 4) is 0 Å². The van der Waals surface area contributed by atoms with Gasteiger partial charge in [0.25, 0.3) is 0 Å². The first-order valence-corrected chi connectivity index (χ1v) is 12.0. The van der Waals surface area contributed by atoms with Crippen LogP contribution in [0.5, 0.6) is 0 Å². The number of esters is 1. The first kappa shape index (κ1) is 28.4. The van der Waals surface area contributed by atoms with Crippen LogP contribution in [-0.4, -0.2) is 24.0 Å². The van der Waals surface area contributed by atoms with E-state index in [0.717, 1.165) is 19.3 Å². The van der Waals surface area contributed by atoms with Gasteiger partial charge in [0, 0.05) is 6.42 Å². The van der Waals surface area contributed by atoms with Crippen molar-refractivity contribution >= 4 is 17.9 Å². The van der Waals surface area contributed by atoms with Crippen LogP contribution in [0.3, 0.4) is 0 Å². The van der Waals surface area contributed by atoms with Crippen LogP contribution in [-0.2, 0) is 28.9 Å². The average Bonchev–Trinajstić information content (AvgIpc) is 2.69. The molecule has 0 spiro atoms. The molecule has 0 saturated heterocycles. The molecule has 0 aromatic carbocycles. The second-order valence-corrected chi connectivity index (χ2v) is 8.30. The second-order valence-electron chi connectivity index (χ2n) is 8.30. The van der Waals surface area contributed by atoms with E-state index in [1.54, 1.807) is 13.8 Å². The minimum absolute atomic E-state index is 0.0131. The van der Waals surface area contributed by atoms with Crippen molar-refractivity contribution in [2.24, 2.45) is 0 Å². The van der Waals surface area contributed by atoms with E-state index < -0.39 is 11.9 Å². The van der Waals surface area contributed by atoms with Gasteiger partial charge >= 0.3 is 17.9 Å². The number of carbonyl (C=O) groups excluding carboxylic acids is 3. The van der Waals surface area contributed by atoms with E-state index in [1.165, 1.54) is 64.2 Å². The lowest BCUT2D eigenvalue weighted by Gasteiger charge is -2.07. The number of carbonyl (C=O) groups is 3. The van der Waals surface area contributed by atoms with Crippen molar-refractivity contribution in [3.05, 3.63) is 0 Å². The molecule has 0 amide bonds. The van der Waals surface area contributed by atoms with Crippen LogP contribution >= 0.6 is 0 Å². The molecule has 6 nitrogen and oxygen atoms in total. The lowest BCUT2D eigenvalue weighted by molar-refractivity contribution is -0.259. The fourth-order valence-corrected chi connectivity index (χ4v) is 3.16. The molecular weight excluding hydrogens is 384 g/mol. The van der Waals surface area contributed by atoms with Crippen molar-refractivity contribution in [1.29, 1.82) is 0 Å². The molecule has 0 rings (SSSR count). The standard InChI is InChI=1S/C24H44O6/c1-4-5-6-7-8-9-10-11-12-13-14-15-16-18-23(26)29-30-24(27)20-17-19-22(25)28-21(2)3/h21H,4-20H2,1-3H3. The minimum atomic E-state index is -0.647. The van der Waals surface area contributed by atoms with Gasteiger partial charge in [-0.1, -0.05) is 84.0 Å². The highest BCUT2D eigenvalue weighted by Gasteiger charge is 2.12. The van der Waals surface area contributed by atoms with Crippen LogP contribution in [0.15, 0.2) is 0 Å². The van der Waals surface area contributed by atoms with Gasteiger partial charge in [-0.25, -0.2) is 19.4 Å². The van der Waals surface area contributed by atoms with Crippen molar-refractivity contribution < 1.29 is 28.9 Å². The Labute approximate surface area is 183 Å². The smallest absolute Gasteiger partial charge is 0.355 e. The lowest BCUT2D eigenvalue weighted by Crippen LogP contribution is -2.13. The lowest BCUT2D eigenvalue weighted by atomic mass is 10.0. The quantitative estimate of drug-likeness (QED) is 0.0999. The summed E-state index contributed by atoms with van der Waals surface area (Å²) >= 11 is 0. The van der Waals surface area contributed by atoms with Crippen molar-refractivity contribution in [2.45, 2.75) is 136 Å². The highest BCUT2D eigenvalue weighted by atomic mass is 17.2. The first-order valence-electron chi connectivity index (χ1n) is 12.0. The van der Waals surface area contributed by atoms with Gasteiger partial charge in [0.05, 0.1) is 18.9 Å². The van der Waals surface area contributed by atoms with E-state index >= 15 is 0 Å². The van der Waals surface area contributed by atoms with Crippen LogP contribution in [0, 0.1) is 0 Å². The maximum atomic E-state index is 11.6. The van der Waals surface area contributed by atoms with E-state index in [9.17, 15) is 14.4 Å². The Hall–Kier alpha value is -1.59. The molecule has 0 bridgehead atoms. The maximum absolute atomic E-state index is 11.6. The molecule has 176 valence electrons. The van der Waals surface area contributed by atoms with E-state index in [1.807, 2.05) is 0 Å². The van der Waals surface area contributed by atoms with Crippen molar-refractivity contribution in [3.63, 3.8) is 0 Å². The topological polar surface area (TPSA) is 78.9 Å². The Morgan fingerprint density at radius 2 is 0.900 bits per heavy atom. The molecule has 30 heavy (non-hydrogen) atoms. The molecule has 0 unspecified atom stereocenters. The van der Waals surface area contributed by atoms with Crippen molar-refractivity contribution in [1.82, 2.24) is 0 Å². The molecule has 0 aromatic rings. The number of hydrogen-bond acceptors (Lipinski definition) is 6. The number of rotatable bonds is 19. The number of hydrogen-bond donors (Lipinski definition) is 0. The van der Waals surface area contributed by atoms with Gasteiger partial charge in [0.1, 0.15) is 0 Å². The zero-order chi connectivity index (χ0) is 22.5.